The highest BCUT2D eigenvalue weighted by atomic mass is 32.2. The molecular formula is C14H22N2O4S. The Morgan fingerprint density at radius 1 is 1.29 bits per heavy atom. The van der Waals surface area contributed by atoms with Gasteiger partial charge in [-0.15, -0.1) is 0 Å². The minimum atomic E-state index is -3.56. The summed E-state index contributed by atoms with van der Waals surface area (Å²) < 4.78 is 33.8. The first-order valence-electron chi connectivity index (χ1n) is 7.18. The lowest BCUT2D eigenvalue weighted by Crippen LogP contribution is -2.51. The fraction of sp³-hybridized carbons (Fsp3) is 0.571. The van der Waals surface area contributed by atoms with Gasteiger partial charge >= 0.3 is 0 Å². The molecule has 118 valence electrons. The molecule has 0 bridgehead atoms. The van der Waals surface area contributed by atoms with E-state index in [2.05, 4.69) is 4.72 Å². The summed E-state index contributed by atoms with van der Waals surface area (Å²) in [7, 11) is -3.56. The molecule has 1 atom stereocenters. The number of aliphatic hydroxyl groups is 1. The van der Waals surface area contributed by atoms with Gasteiger partial charge in [0.05, 0.1) is 6.61 Å². The standard InChI is InChI=1S/C14H22N2O4S/c17-12-13-6-4-5-10-16(13)21(18,19)15-9-11-20-14-7-2-1-3-8-14/h1-3,7-8,13,15,17H,4-6,9-12H2. The highest BCUT2D eigenvalue weighted by Crippen LogP contribution is 2.19. The van der Waals surface area contributed by atoms with Crippen molar-refractivity contribution in [3.8, 4) is 5.75 Å². The summed E-state index contributed by atoms with van der Waals surface area (Å²) in [5.74, 6) is 0.711. The molecule has 0 saturated carbocycles. The van der Waals surface area contributed by atoms with Crippen molar-refractivity contribution in [1.29, 1.82) is 0 Å². The van der Waals surface area contributed by atoms with Crippen molar-refractivity contribution < 1.29 is 18.3 Å². The Morgan fingerprint density at radius 2 is 2.05 bits per heavy atom. The maximum atomic E-state index is 12.2. The number of benzene rings is 1. The average molecular weight is 314 g/mol. The van der Waals surface area contributed by atoms with E-state index in [-0.39, 0.29) is 25.8 Å². The third-order valence-corrected chi connectivity index (χ3v) is 5.16. The Kier molecular flexibility index (Phi) is 5.98. The molecule has 1 aromatic rings. The maximum absolute atomic E-state index is 12.2. The van der Waals surface area contributed by atoms with Gasteiger partial charge in [-0.05, 0) is 25.0 Å². The molecule has 21 heavy (non-hydrogen) atoms. The zero-order valence-electron chi connectivity index (χ0n) is 11.9. The van der Waals surface area contributed by atoms with Gasteiger partial charge in [-0.2, -0.15) is 17.4 Å². The van der Waals surface area contributed by atoms with Gasteiger partial charge in [0.2, 0.25) is 0 Å². The van der Waals surface area contributed by atoms with Crippen molar-refractivity contribution in [2.45, 2.75) is 25.3 Å². The first-order valence-corrected chi connectivity index (χ1v) is 8.62. The zero-order valence-corrected chi connectivity index (χ0v) is 12.8. The molecule has 1 aliphatic rings. The lowest BCUT2D eigenvalue weighted by molar-refractivity contribution is 0.153. The van der Waals surface area contributed by atoms with Crippen LogP contribution in [-0.2, 0) is 10.2 Å². The van der Waals surface area contributed by atoms with Gasteiger partial charge < -0.3 is 9.84 Å². The van der Waals surface area contributed by atoms with Gasteiger partial charge in [0, 0.05) is 19.1 Å². The van der Waals surface area contributed by atoms with Crippen molar-refractivity contribution in [3.63, 3.8) is 0 Å². The summed E-state index contributed by atoms with van der Waals surface area (Å²) >= 11 is 0. The molecule has 1 heterocycles. The van der Waals surface area contributed by atoms with Crippen LogP contribution in [0.5, 0.6) is 5.75 Å². The largest absolute Gasteiger partial charge is 0.492 e. The van der Waals surface area contributed by atoms with Crippen molar-refractivity contribution in [1.82, 2.24) is 9.03 Å². The summed E-state index contributed by atoms with van der Waals surface area (Å²) in [6, 6.07) is 8.94. The summed E-state index contributed by atoms with van der Waals surface area (Å²) in [5, 5.41) is 9.29. The van der Waals surface area contributed by atoms with E-state index in [1.54, 1.807) is 0 Å². The van der Waals surface area contributed by atoms with Crippen LogP contribution < -0.4 is 9.46 Å². The third-order valence-electron chi connectivity index (χ3n) is 3.49. The van der Waals surface area contributed by atoms with Crippen LogP contribution >= 0.6 is 0 Å². The van der Waals surface area contributed by atoms with E-state index in [0.29, 0.717) is 18.7 Å². The number of rotatable bonds is 7. The number of nitrogens with zero attached hydrogens (tertiary/aromatic N) is 1. The van der Waals surface area contributed by atoms with E-state index >= 15 is 0 Å². The van der Waals surface area contributed by atoms with Crippen LogP contribution in [0.3, 0.4) is 0 Å². The van der Waals surface area contributed by atoms with E-state index < -0.39 is 10.2 Å². The fourth-order valence-electron chi connectivity index (χ4n) is 2.41. The molecule has 0 aromatic heterocycles. The molecule has 0 amide bonds. The van der Waals surface area contributed by atoms with E-state index in [9.17, 15) is 13.5 Å². The minimum absolute atomic E-state index is 0.137. The van der Waals surface area contributed by atoms with Gasteiger partial charge in [0.1, 0.15) is 12.4 Å². The maximum Gasteiger partial charge on any atom is 0.279 e. The molecule has 1 unspecified atom stereocenters. The number of ether oxygens (including phenoxy) is 1. The molecule has 0 aliphatic carbocycles. The molecule has 1 saturated heterocycles. The topological polar surface area (TPSA) is 78.9 Å². The Labute approximate surface area is 125 Å². The molecule has 0 radical (unpaired) electrons. The molecule has 0 spiro atoms. The number of aliphatic hydroxyl groups excluding tert-OH is 1. The van der Waals surface area contributed by atoms with Crippen molar-refractivity contribution in [3.05, 3.63) is 30.3 Å². The second kappa shape index (κ2) is 7.74. The Bertz CT molecular complexity index is 521. The summed E-state index contributed by atoms with van der Waals surface area (Å²) in [6.07, 6.45) is 2.49. The number of hydrogen-bond donors (Lipinski definition) is 2. The quantitative estimate of drug-likeness (QED) is 0.728. The fourth-order valence-corrected chi connectivity index (χ4v) is 3.85. The second-order valence-electron chi connectivity index (χ2n) is 5.00. The van der Waals surface area contributed by atoms with Crippen LogP contribution in [0.25, 0.3) is 0 Å². The third kappa shape index (κ3) is 4.67. The van der Waals surface area contributed by atoms with Gasteiger partial charge in [-0.1, -0.05) is 24.6 Å². The molecule has 6 nitrogen and oxygen atoms in total. The van der Waals surface area contributed by atoms with Gasteiger partial charge in [0.15, 0.2) is 0 Å². The first kappa shape index (κ1) is 16.2. The van der Waals surface area contributed by atoms with Gasteiger partial charge in [-0.25, -0.2) is 0 Å². The predicted molar refractivity (Wildman–Crippen MR) is 80.3 cm³/mol. The van der Waals surface area contributed by atoms with Crippen molar-refractivity contribution >= 4 is 10.2 Å². The lowest BCUT2D eigenvalue weighted by Gasteiger charge is -2.33. The highest BCUT2D eigenvalue weighted by molar-refractivity contribution is 7.87. The molecular weight excluding hydrogens is 292 g/mol. The highest BCUT2D eigenvalue weighted by Gasteiger charge is 2.31. The molecule has 1 fully saturated rings. The van der Waals surface area contributed by atoms with E-state index in [1.807, 2.05) is 30.3 Å². The Hall–Kier alpha value is -1.15. The summed E-state index contributed by atoms with van der Waals surface area (Å²) in [4.78, 5) is 0. The van der Waals surface area contributed by atoms with Gasteiger partial charge in [-0.3, -0.25) is 0 Å². The van der Waals surface area contributed by atoms with E-state index in [4.69, 9.17) is 4.74 Å². The average Bonchev–Trinajstić information content (AvgIpc) is 2.52. The second-order valence-corrected chi connectivity index (χ2v) is 6.71. The number of nitrogens with one attached hydrogen (secondary N) is 1. The molecule has 7 heteroatoms. The van der Waals surface area contributed by atoms with E-state index in [1.165, 1.54) is 4.31 Å². The van der Waals surface area contributed by atoms with Crippen LogP contribution in [0, 0.1) is 0 Å². The van der Waals surface area contributed by atoms with Crippen LogP contribution in [0.1, 0.15) is 19.3 Å². The summed E-state index contributed by atoms with van der Waals surface area (Å²) in [5.41, 5.74) is 0. The van der Waals surface area contributed by atoms with Crippen molar-refractivity contribution in [2.24, 2.45) is 0 Å². The monoisotopic (exact) mass is 314 g/mol. The number of para-hydroxylation sites is 1. The van der Waals surface area contributed by atoms with Crippen LogP contribution in [-0.4, -0.2) is 50.2 Å². The zero-order chi connectivity index (χ0) is 15.1. The van der Waals surface area contributed by atoms with Crippen LogP contribution in [0.4, 0.5) is 0 Å². The van der Waals surface area contributed by atoms with Crippen molar-refractivity contribution in [2.75, 3.05) is 26.3 Å². The smallest absolute Gasteiger partial charge is 0.279 e. The number of hydrogen-bond acceptors (Lipinski definition) is 4. The molecule has 2 rings (SSSR count). The van der Waals surface area contributed by atoms with E-state index in [0.717, 1.165) is 12.8 Å². The molecule has 1 aliphatic heterocycles. The van der Waals surface area contributed by atoms with Crippen LogP contribution in [0.2, 0.25) is 0 Å². The first-order chi connectivity index (χ1) is 10.1. The molecule has 1 aromatic carbocycles. The predicted octanol–water partition coefficient (Wildman–Crippen LogP) is 0.747. The Balaban J connectivity index is 1.80. The normalized spacial score (nSPS) is 20.3. The SMILES string of the molecule is O=S(=O)(NCCOc1ccccc1)N1CCCCC1CO. The Morgan fingerprint density at radius 3 is 2.76 bits per heavy atom. The van der Waals surface area contributed by atoms with Crippen LogP contribution in [0.15, 0.2) is 30.3 Å². The molecule has 2 N–H and O–H groups in total. The van der Waals surface area contributed by atoms with Gasteiger partial charge in [0.25, 0.3) is 10.2 Å². The minimum Gasteiger partial charge on any atom is -0.492 e. The number of piperidine rings is 1. The lowest BCUT2D eigenvalue weighted by atomic mass is 10.1. The summed E-state index contributed by atoms with van der Waals surface area (Å²) in [6.45, 7) is 0.786.